The Morgan fingerprint density at radius 2 is 2.44 bits per heavy atom. The van der Waals surface area contributed by atoms with Gasteiger partial charge in [-0.25, -0.2) is 0 Å². The first-order chi connectivity index (χ1) is 4.24. The van der Waals surface area contributed by atoms with Crippen LogP contribution in [0.5, 0.6) is 0 Å². The molecule has 0 aromatic heterocycles. The van der Waals surface area contributed by atoms with Crippen LogP contribution in [-0.4, -0.2) is 13.0 Å². The van der Waals surface area contributed by atoms with Crippen molar-refractivity contribution in [3.05, 3.63) is 12.7 Å². The zero-order valence-corrected chi connectivity index (χ0v) is 5.93. The SMILES string of the molecule is [B]=C1C[C@@H](C=C)CC1C. The maximum absolute atomic E-state index is 5.71. The van der Waals surface area contributed by atoms with Crippen molar-refractivity contribution in [3.63, 3.8) is 0 Å². The molecule has 0 N–H and O–H groups in total. The van der Waals surface area contributed by atoms with Gasteiger partial charge in [-0.2, -0.15) is 0 Å². The van der Waals surface area contributed by atoms with E-state index in [1.807, 2.05) is 6.08 Å². The number of hydrogen-bond donors (Lipinski definition) is 0. The second-order valence-electron chi connectivity index (χ2n) is 2.91. The van der Waals surface area contributed by atoms with Gasteiger partial charge >= 0.3 is 57.2 Å². The molecular weight excluding hydrogens is 107 g/mol. The predicted molar refractivity (Wildman–Crippen MR) is 42.8 cm³/mol. The number of hydrogen-bond acceptors (Lipinski definition) is 0. The Kier molecular flexibility index (Phi) is 1.89. The van der Waals surface area contributed by atoms with Crippen molar-refractivity contribution < 1.29 is 0 Å². The summed E-state index contributed by atoms with van der Waals surface area (Å²) in [5, 5.41) is 0. The van der Waals surface area contributed by atoms with Gasteiger partial charge in [-0.15, -0.1) is 0 Å². The molecule has 1 fully saturated rings. The molecule has 9 heavy (non-hydrogen) atoms. The van der Waals surface area contributed by atoms with Crippen LogP contribution in [0.25, 0.3) is 0 Å². The van der Waals surface area contributed by atoms with Crippen LogP contribution in [0.15, 0.2) is 12.7 Å². The summed E-state index contributed by atoms with van der Waals surface area (Å²) < 4.78 is 0. The molecule has 0 amide bonds. The molecule has 0 bridgehead atoms. The molecule has 1 aliphatic carbocycles. The standard InChI is InChI=1S/C8H12B/c1-3-7-4-6(2)8(9)5-7/h3,6-7H,1,4-5H2,2H3/t6?,7-/m0/s1. The molecule has 0 aromatic rings. The fraction of sp³-hybridized carbons (Fsp3) is 0.625. The van der Waals surface area contributed by atoms with Gasteiger partial charge in [-0.3, -0.25) is 0 Å². The van der Waals surface area contributed by atoms with E-state index < -0.39 is 0 Å². The molecule has 1 radical (unpaired) electrons. The van der Waals surface area contributed by atoms with Crippen molar-refractivity contribution in [2.75, 3.05) is 0 Å². The Balaban J connectivity index is 2.53. The van der Waals surface area contributed by atoms with E-state index in [0.717, 1.165) is 11.9 Å². The van der Waals surface area contributed by atoms with E-state index in [9.17, 15) is 0 Å². The minimum atomic E-state index is 0.619. The molecule has 1 aliphatic rings. The number of allylic oxidation sites excluding steroid dienone is 1. The van der Waals surface area contributed by atoms with E-state index in [4.69, 9.17) is 7.49 Å². The molecule has 0 aliphatic heterocycles. The average molecular weight is 119 g/mol. The Hall–Kier alpha value is -0.325. The van der Waals surface area contributed by atoms with Gasteiger partial charge in [0.1, 0.15) is 0 Å². The molecule has 0 heterocycles. The van der Waals surface area contributed by atoms with E-state index in [-0.39, 0.29) is 0 Å². The third-order valence-corrected chi connectivity index (χ3v) is 2.12. The molecule has 1 heteroatoms. The monoisotopic (exact) mass is 119 g/mol. The minimum absolute atomic E-state index is 0.619. The fourth-order valence-electron chi connectivity index (χ4n) is 1.37. The summed E-state index contributed by atoms with van der Waals surface area (Å²) in [4.78, 5) is 0. The van der Waals surface area contributed by atoms with E-state index in [0.29, 0.717) is 11.8 Å². The summed E-state index contributed by atoms with van der Waals surface area (Å²) in [5.41, 5.74) is 1.15. The van der Waals surface area contributed by atoms with Crippen molar-refractivity contribution in [1.82, 2.24) is 0 Å². The van der Waals surface area contributed by atoms with E-state index in [1.54, 1.807) is 0 Å². The van der Waals surface area contributed by atoms with Crippen LogP contribution < -0.4 is 0 Å². The maximum atomic E-state index is 5.71. The van der Waals surface area contributed by atoms with Crippen LogP contribution in [-0.2, 0) is 0 Å². The molecule has 2 atom stereocenters. The first-order valence-corrected chi connectivity index (χ1v) is 3.47. The van der Waals surface area contributed by atoms with Crippen LogP contribution in [0, 0.1) is 11.8 Å². The van der Waals surface area contributed by atoms with Crippen molar-refractivity contribution in [3.8, 4) is 0 Å². The third-order valence-electron chi connectivity index (χ3n) is 2.12. The van der Waals surface area contributed by atoms with E-state index >= 15 is 0 Å². The normalized spacial score (nSPS) is 34.9. The Labute approximate surface area is 58.0 Å². The second kappa shape index (κ2) is 2.51. The Morgan fingerprint density at radius 1 is 1.78 bits per heavy atom. The van der Waals surface area contributed by atoms with Crippen LogP contribution >= 0.6 is 0 Å². The average Bonchev–Trinajstić information content (AvgIpc) is 2.13. The van der Waals surface area contributed by atoms with Crippen LogP contribution in [0.2, 0.25) is 0 Å². The molecule has 1 unspecified atom stereocenters. The van der Waals surface area contributed by atoms with Crippen molar-refractivity contribution in [1.29, 1.82) is 0 Å². The second-order valence-corrected chi connectivity index (χ2v) is 2.91. The topological polar surface area (TPSA) is 0 Å². The Bertz CT molecular complexity index is 138. The van der Waals surface area contributed by atoms with Gasteiger partial charge in [0.2, 0.25) is 0 Å². The summed E-state index contributed by atoms with van der Waals surface area (Å²) >= 11 is 0. The van der Waals surface area contributed by atoms with Gasteiger partial charge in [0.05, 0.1) is 0 Å². The molecule has 0 aromatic carbocycles. The van der Waals surface area contributed by atoms with Crippen molar-refractivity contribution in [2.45, 2.75) is 19.8 Å². The van der Waals surface area contributed by atoms with Gasteiger partial charge in [0, 0.05) is 0 Å². The van der Waals surface area contributed by atoms with Gasteiger partial charge in [0.25, 0.3) is 0 Å². The fourth-order valence-corrected chi connectivity index (χ4v) is 1.37. The molecule has 0 nitrogen and oxygen atoms in total. The zero-order chi connectivity index (χ0) is 6.85. The van der Waals surface area contributed by atoms with Gasteiger partial charge in [-0.05, 0) is 0 Å². The van der Waals surface area contributed by atoms with Gasteiger partial charge in [-0.1, -0.05) is 0 Å². The summed E-state index contributed by atoms with van der Waals surface area (Å²) in [6.07, 6.45) is 4.27. The van der Waals surface area contributed by atoms with Gasteiger partial charge in [0.15, 0.2) is 0 Å². The summed E-state index contributed by atoms with van der Waals surface area (Å²) in [5.74, 6) is 1.27. The van der Waals surface area contributed by atoms with E-state index in [2.05, 4.69) is 13.5 Å². The third kappa shape index (κ3) is 1.32. The first-order valence-electron chi connectivity index (χ1n) is 3.47. The van der Waals surface area contributed by atoms with Crippen LogP contribution in [0.1, 0.15) is 19.8 Å². The van der Waals surface area contributed by atoms with E-state index in [1.165, 1.54) is 6.42 Å². The molecule has 0 spiro atoms. The van der Waals surface area contributed by atoms with Gasteiger partial charge < -0.3 is 0 Å². The van der Waals surface area contributed by atoms with Crippen LogP contribution in [0.4, 0.5) is 0 Å². The molecule has 1 rings (SSSR count). The summed E-state index contributed by atoms with van der Waals surface area (Å²) in [6, 6.07) is 0. The molecule has 1 saturated carbocycles. The summed E-state index contributed by atoms with van der Waals surface area (Å²) in [7, 11) is 5.71. The van der Waals surface area contributed by atoms with Crippen molar-refractivity contribution >= 4 is 13.0 Å². The molecular formula is C8H12B. The predicted octanol–water partition coefficient (Wildman–Crippen LogP) is 1.56. The number of rotatable bonds is 1. The van der Waals surface area contributed by atoms with Crippen LogP contribution in [0.3, 0.4) is 0 Å². The summed E-state index contributed by atoms with van der Waals surface area (Å²) in [6.45, 7) is 5.92. The molecule has 47 valence electrons. The first kappa shape index (κ1) is 6.79. The molecule has 0 saturated heterocycles. The zero-order valence-electron chi connectivity index (χ0n) is 5.93. The van der Waals surface area contributed by atoms with Crippen molar-refractivity contribution in [2.24, 2.45) is 11.8 Å². The Morgan fingerprint density at radius 3 is 2.67 bits per heavy atom. The quantitative estimate of drug-likeness (QED) is 0.363.